The molecule has 0 bridgehead atoms. The maximum absolute atomic E-state index is 13.8. The number of rotatable bonds is 2. The molecule has 0 saturated carbocycles. The predicted molar refractivity (Wildman–Crippen MR) is 69.5 cm³/mol. The molecule has 4 nitrogen and oxygen atoms in total. The van der Waals surface area contributed by atoms with E-state index >= 15 is 0 Å². The molecule has 1 aromatic carbocycles. The fraction of sp³-hybridized carbons (Fsp3) is 0.462. The second-order valence-electron chi connectivity index (χ2n) is 4.81. The van der Waals surface area contributed by atoms with E-state index in [1.807, 2.05) is 6.07 Å². The highest BCUT2D eigenvalue weighted by molar-refractivity contribution is 6.02. The zero-order chi connectivity index (χ0) is 13.1. The minimum atomic E-state index is -0.457. The Balaban J connectivity index is 2.40. The maximum Gasteiger partial charge on any atom is 0.175 e. The van der Waals surface area contributed by atoms with Crippen LogP contribution in [0.3, 0.4) is 0 Å². The zero-order valence-corrected chi connectivity index (χ0v) is 10.4. The number of halogens is 1. The first-order chi connectivity index (χ1) is 8.63. The van der Waals surface area contributed by atoms with Crippen molar-refractivity contribution in [2.45, 2.75) is 19.8 Å². The summed E-state index contributed by atoms with van der Waals surface area (Å²) in [5.41, 5.74) is 6.46. The largest absolute Gasteiger partial charge is 0.409 e. The van der Waals surface area contributed by atoms with E-state index in [0.29, 0.717) is 11.6 Å². The molecule has 1 aliphatic rings. The quantitative estimate of drug-likeness (QED) is 0.366. The van der Waals surface area contributed by atoms with Crippen molar-refractivity contribution in [1.82, 2.24) is 0 Å². The molecule has 18 heavy (non-hydrogen) atoms. The van der Waals surface area contributed by atoms with Crippen molar-refractivity contribution in [1.29, 1.82) is 0 Å². The Morgan fingerprint density at radius 1 is 1.56 bits per heavy atom. The monoisotopic (exact) mass is 251 g/mol. The van der Waals surface area contributed by atoms with Crippen molar-refractivity contribution in [2.24, 2.45) is 16.8 Å². The molecule has 0 aliphatic carbocycles. The van der Waals surface area contributed by atoms with E-state index in [9.17, 15) is 4.39 Å². The van der Waals surface area contributed by atoms with Crippen LogP contribution in [0, 0.1) is 11.7 Å². The van der Waals surface area contributed by atoms with Crippen molar-refractivity contribution in [3.63, 3.8) is 0 Å². The first-order valence-electron chi connectivity index (χ1n) is 6.15. The van der Waals surface area contributed by atoms with E-state index in [1.54, 1.807) is 6.07 Å². The summed E-state index contributed by atoms with van der Waals surface area (Å²) < 4.78 is 13.8. The van der Waals surface area contributed by atoms with Gasteiger partial charge in [0.1, 0.15) is 5.82 Å². The van der Waals surface area contributed by atoms with Crippen LogP contribution in [0.15, 0.2) is 23.4 Å². The fourth-order valence-corrected chi connectivity index (χ4v) is 2.49. The van der Waals surface area contributed by atoms with Crippen molar-refractivity contribution >= 4 is 11.5 Å². The van der Waals surface area contributed by atoms with Gasteiger partial charge in [-0.15, -0.1) is 0 Å². The van der Waals surface area contributed by atoms with Gasteiger partial charge >= 0.3 is 0 Å². The lowest BCUT2D eigenvalue weighted by Crippen LogP contribution is -2.36. The summed E-state index contributed by atoms with van der Waals surface area (Å²) in [6, 6.07) is 4.79. The van der Waals surface area contributed by atoms with E-state index < -0.39 is 5.82 Å². The summed E-state index contributed by atoms with van der Waals surface area (Å²) in [5.74, 6) is -0.0653. The SMILES string of the molecule is CC1CCCN(c2cccc(F)c2C(N)=NO)C1. The van der Waals surface area contributed by atoms with Crippen LogP contribution in [-0.4, -0.2) is 24.1 Å². The lowest BCUT2D eigenvalue weighted by Gasteiger charge is -2.34. The number of hydrogen-bond acceptors (Lipinski definition) is 3. The molecule has 0 spiro atoms. The summed E-state index contributed by atoms with van der Waals surface area (Å²) in [4.78, 5) is 2.10. The molecule has 1 fully saturated rings. The first-order valence-corrected chi connectivity index (χ1v) is 6.15. The molecule has 3 N–H and O–H groups in total. The zero-order valence-electron chi connectivity index (χ0n) is 10.4. The molecular weight excluding hydrogens is 233 g/mol. The van der Waals surface area contributed by atoms with Crippen LogP contribution in [-0.2, 0) is 0 Å². The van der Waals surface area contributed by atoms with Gasteiger partial charge in [0.25, 0.3) is 0 Å². The minimum absolute atomic E-state index is 0.179. The number of anilines is 1. The molecular formula is C13H18FN3O. The molecule has 2 rings (SSSR count). The van der Waals surface area contributed by atoms with Gasteiger partial charge in [-0.1, -0.05) is 18.1 Å². The summed E-state index contributed by atoms with van der Waals surface area (Å²) in [6.45, 7) is 3.92. The lowest BCUT2D eigenvalue weighted by atomic mass is 9.98. The van der Waals surface area contributed by atoms with E-state index in [1.165, 1.54) is 12.5 Å². The van der Waals surface area contributed by atoms with Crippen molar-refractivity contribution in [2.75, 3.05) is 18.0 Å². The minimum Gasteiger partial charge on any atom is -0.409 e. The van der Waals surface area contributed by atoms with E-state index in [0.717, 1.165) is 19.5 Å². The third kappa shape index (κ3) is 2.39. The highest BCUT2D eigenvalue weighted by atomic mass is 19.1. The Morgan fingerprint density at radius 3 is 3.00 bits per heavy atom. The van der Waals surface area contributed by atoms with Gasteiger partial charge in [-0.2, -0.15) is 0 Å². The lowest BCUT2D eigenvalue weighted by molar-refractivity contribution is 0.318. The molecule has 0 aromatic heterocycles. The van der Waals surface area contributed by atoms with Gasteiger partial charge in [0.2, 0.25) is 0 Å². The number of hydrogen-bond donors (Lipinski definition) is 2. The third-order valence-corrected chi connectivity index (χ3v) is 3.35. The molecule has 5 heteroatoms. The van der Waals surface area contributed by atoms with Gasteiger partial charge in [-0.05, 0) is 30.9 Å². The molecule has 1 aliphatic heterocycles. The van der Waals surface area contributed by atoms with Crippen LogP contribution < -0.4 is 10.6 Å². The summed E-state index contributed by atoms with van der Waals surface area (Å²) in [7, 11) is 0. The number of piperidine rings is 1. The number of oxime groups is 1. The topological polar surface area (TPSA) is 61.8 Å². The van der Waals surface area contributed by atoms with Gasteiger partial charge in [0.05, 0.1) is 11.3 Å². The van der Waals surface area contributed by atoms with Crippen LogP contribution in [0.1, 0.15) is 25.3 Å². The summed E-state index contributed by atoms with van der Waals surface area (Å²) in [5, 5.41) is 11.7. The van der Waals surface area contributed by atoms with Gasteiger partial charge in [0, 0.05) is 13.1 Å². The van der Waals surface area contributed by atoms with Crippen molar-refractivity contribution in [3.05, 3.63) is 29.6 Å². The molecule has 1 aromatic rings. The fourth-order valence-electron chi connectivity index (χ4n) is 2.49. The molecule has 0 amide bonds. The molecule has 1 heterocycles. The molecule has 0 radical (unpaired) electrons. The van der Waals surface area contributed by atoms with Crippen molar-refractivity contribution in [3.8, 4) is 0 Å². The second-order valence-corrected chi connectivity index (χ2v) is 4.81. The van der Waals surface area contributed by atoms with E-state index in [4.69, 9.17) is 10.9 Å². The number of nitrogens with zero attached hydrogens (tertiary/aromatic N) is 2. The molecule has 1 saturated heterocycles. The summed E-state index contributed by atoms with van der Waals surface area (Å²) in [6.07, 6.45) is 2.26. The maximum atomic E-state index is 13.8. The number of benzene rings is 1. The van der Waals surface area contributed by atoms with E-state index in [-0.39, 0.29) is 11.4 Å². The Morgan fingerprint density at radius 2 is 2.33 bits per heavy atom. The van der Waals surface area contributed by atoms with Crippen LogP contribution in [0.2, 0.25) is 0 Å². The summed E-state index contributed by atoms with van der Waals surface area (Å²) >= 11 is 0. The van der Waals surface area contributed by atoms with Crippen LogP contribution in [0.4, 0.5) is 10.1 Å². The van der Waals surface area contributed by atoms with E-state index in [2.05, 4.69) is 17.0 Å². The van der Waals surface area contributed by atoms with Crippen LogP contribution >= 0.6 is 0 Å². The Bertz CT molecular complexity index is 462. The second kappa shape index (κ2) is 5.25. The van der Waals surface area contributed by atoms with Gasteiger partial charge < -0.3 is 15.8 Å². The smallest absolute Gasteiger partial charge is 0.175 e. The van der Waals surface area contributed by atoms with Crippen LogP contribution in [0.25, 0.3) is 0 Å². The van der Waals surface area contributed by atoms with Gasteiger partial charge in [-0.3, -0.25) is 0 Å². The Labute approximate surface area is 106 Å². The van der Waals surface area contributed by atoms with Crippen LogP contribution in [0.5, 0.6) is 0 Å². The Hall–Kier alpha value is -1.78. The average Bonchev–Trinajstić information content (AvgIpc) is 2.37. The highest BCUT2D eigenvalue weighted by Crippen LogP contribution is 2.27. The molecule has 1 atom stereocenters. The highest BCUT2D eigenvalue weighted by Gasteiger charge is 2.22. The average molecular weight is 251 g/mol. The normalized spacial score (nSPS) is 21.1. The first kappa shape index (κ1) is 12.7. The number of amidine groups is 1. The Kier molecular flexibility index (Phi) is 3.69. The predicted octanol–water partition coefficient (Wildman–Crippen LogP) is 2.16. The molecule has 1 unspecified atom stereocenters. The third-order valence-electron chi connectivity index (χ3n) is 3.35. The molecule has 98 valence electrons. The van der Waals surface area contributed by atoms with Crippen molar-refractivity contribution < 1.29 is 9.60 Å². The number of nitrogens with two attached hydrogens (primary N) is 1. The van der Waals surface area contributed by atoms with Gasteiger partial charge in [0.15, 0.2) is 5.84 Å². The standard InChI is InChI=1S/C13H18FN3O/c1-9-4-3-7-17(8-9)11-6-2-5-10(14)12(11)13(15)16-18/h2,5-6,9,18H,3-4,7-8H2,1H3,(H2,15,16). The van der Waals surface area contributed by atoms with Gasteiger partial charge in [-0.25, -0.2) is 4.39 Å².